The van der Waals surface area contributed by atoms with Crippen molar-refractivity contribution < 1.29 is 4.74 Å². The fraction of sp³-hybridized carbons (Fsp3) is 0.120. The molecule has 4 heterocycles. The van der Waals surface area contributed by atoms with Crippen LogP contribution in [0, 0.1) is 0 Å². The first-order valence-electron chi connectivity index (χ1n) is 10.3. The number of rotatable bonds is 6. The predicted molar refractivity (Wildman–Crippen MR) is 123 cm³/mol. The highest BCUT2D eigenvalue weighted by molar-refractivity contribution is 5.79. The lowest BCUT2D eigenvalue weighted by Crippen LogP contribution is -2.21. The first-order valence-corrected chi connectivity index (χ1v) is 10.3. The molecule has 0 N–H and O–H groups in total. The number of aromatic nitrogens is 5. The molecule has 4 aromatic heterocycles. The Hall–Kier alpha value is -4.26. The Balaban J connectivity index is 1.40. The summed E-state index contributed by atoms with van der Waals surface area (Å²) in [4.78, 5) is 26.0. The molecule has 0 atom stereocenters. The molecule has 0 bridgehead atoms. The highest BCUT2D eigenvalue weighted by Crippen LogP contribution is 2.27. The topological polar surface area (TPSA) is 74.8 Å². The number of aryl methyl sites for hydroxylation is 3. The Kier molecular flexibility index (Phi) is 5.21. The second-order valence-corrected chi connectivity index (χ2v) is 7.58. The SMILES string of the molecule is Cn1ccc(-c2cc(Oc3ccc4ncn(CCc5cccnc5)c(=O)c4c3)ccn2)c1. The van der Waals surface area contributed by atoms with Crippen molar-refractivity contribution in [2.75, 3.05) is 0 Å². The summed E-state index contributed by atoms with van der Waals surface area (Å²) in [5.41, 5.74) is 3.45. The van der Waals surface area contributed by atoms with E-state index in [1.165, 1.54) is 0 Å². The highest BCUT2D eigenvalue weighted by Gasteiger charge is 2.08. The molecule has 0 saturated heterocycles. The molecule has 5 aromatic rings. The molecule has 0 spiro atoms. The molecule has 0 unspecified atom stereocenters. The quantitative estimate of drug-likeness (QED) is 0.409. The minimum absolute atomic E-state index is 0.0935. The van der Waals surface area contributed by atoms with Gasteiger partial charge < -0.3 is 9.30 Å². The van der Waals surface area contributed by atoms with Gasteiger partial charge in [0.05, 0.1) is 22.9 Å². The third-order valence-electron chi connectivity index (χ3n) is 5.25. The lowest BCUT2D eigenvalue weighted by Gasteiger charge is -2.09. The zero-order valence-electron chi connectivity index (χ0n) is 17.5. The first-order chi connectivity index (χ1) is 15.7. The molecule has 0 fully saturated rings. The fourth-order valence-electron chi connectivity index (χ4n) is 3.58. The predicted octanol–water partition coefficient (Wildman–Crippen LogP) is 4.23. The van der Waals surface area contributed by atoms with Crippen molar-refractivity contribution >= 4 is 10.9 Å². The molecule has 0 radical (unpaired) electrons. The minimum Gasteiger partial charge on any atom is -0.457 e. The summed E-state index contributed by atoms with van der Waals surface area (Å²) in [5, 5.41) is 0.522. The van der Waals surface area contributed by atoms with E-state index in [1.807, 2.05) is 60.5 Å². The lowest BCUT2D eigenvalue weighted by atomic mass is 10.2. The van der Waals surface area contributed by atoms with Crippen molar-refractivity contribution in [2.24, 2.45) is 7.05 Å². The summed E-state index contributed by atoms with van der Waals surface area (Å²) in [6, 6.07) is 14.9. The van der Waals surface area contributed by atoms with E-state index in [9.17, 15) is 4.79 Å². The molecule has 32 heavy (non-hydrogen) atoms. The van der Waals surface area contributed by atoms with Crippen LogP contribution in [-0.2, 0) is 20.0 Å². The van der Waals surface area contributed by atoms with E-state index in [2.05, 4.69) is 15.0 Å². The van der Waals surface area contributed by atoms with Gasteiger partial charge in [0.25, 0.3) is 5.56 Å². The van der Waals surface area contributed by atoms with Crippen LogP contribution < -0.4 is 10.3 Å². The van der Waals surface area contributed by atoms with Crippen LogP contribution in [0.25, 0.3) is 22.2 Å². The fourth-order valence-corrected chi connectivity index (χ4v) is 3.58. The molecule has 5 rings (SSSR count). The summed E-state index contributed by atoms with van der Waals surface area (Å²) in [6.45, 7) is 0.531. The van der Waals surface area contributed by atoms with Crippen LogP contribution in [0.5, 0.6) is 11.5 Å². The van der Waals surface area contributed by atoms with Crippen molar-refractivity contribution in [1.82, 2.24) is 24.1 Å². The van der Waals surface area contributed by atoms with Gasteiger partial charge >= 0.3 is 0 Å². The van der Waals surface area contributed by atoms with Crippen LogP contribution >= 0.6 is 0 Å². The summed E-state index contributed by atoms with van der Waals surface area (Å²) in [6.07, 6.45) is 11.5. The van der Waals surface area contributed by atoms with Gasteiger partial charge in [-0.3, -0.25) is 19.3 Å². The van der Waals surface area contributed by atoms with Gasteiger partial charge in [-0.05, 0) is 48.4 Å². The summed E-state index contributed by atoms with van der Waals surface area (Å²) in [5.74, 6) is 1.23. The number of hydrogen-bond donors (Lipinski definition) is 0. The second kappa shape index (κ2) is 8.47. The van der Waals surface area contributed by atoms with Gasteiger partial charge in [0.1, 0.15) is 11.5 Å². The maximum Gasteiger partial charge on any atom is 0.261 e. The smallest absolute Gasteiger partial charge is 0.261 e. The maximum absolute atomic E-state index is 13.0. The van der Waals surface area contributed by atoms with Crippen LogP contribution in [0.15, 0.2) is 90.6 Å². The number of ether oxygens (including phenoxy) is 1. The standard InChI is InChI=1S/C25H21N5O2/c1-29-11-8-19(16-29)24-14-21(6-10-27-24)32-20-4-5-23-22(13-20)25(31)30(17-28-23)12-7-18-3-2-9-26-15-18/h2-6,8-11,13-17H,7,12H2,1H3. The molecule has 0 aliphatic heterocycles. The summed E-state index contributed by atoms with van der Waals surface area (Å²) >= 11 is 0. The Morgan fingerprint density at radius 1 is 1.00 bits per heavy atom. The molecule has 0 aliphatic carbocycles. The van der Waals surface area contributed by atoms with Crippen molar-refractivity contribution in [1.29, 1.82) is 0 Å². The Labute approximate surface area is 184 Å². The van der Waals surface area contributed by atoms with Gasteiger partial charge in [-0.25, -0.2) is 4.98 Å². The minimum atomic E-state index is -0.0935. The summed E-state index contributed by atoms with van der Waals surface area (Å²) < 4.78 is 9.65. The van der Waals surface area contributed by atoms with Crippen molar-refractivity contribution in [3.05, 3.63) is 102 Å². The van der Waals surface area contributed by atoms with Gasteiger partial charge in [-0.1, -0.05) is 6.07 Å². The molecular formula is C25H21N5O2. The van der Waals surface area contributed by atoms with Crippen molar-refractivity contribution in [3.63, 3.8) is 0 Å². The average Bonchev–Trinajstić information content (AvgIpc) is 3.26. The monoisotopic (exact) mass is 423 g/mol. The zero-order chi connectivity index (χ0) is 21.9. The third-order valence-corrected chi connectivity index (χ3v) is 5.25. The number of benzene rings is 1. The average molecular weight is 423 g/mol. The van der Waals surface area contributed by atoms with E-state index in [1.54, 1.807) is 41.5 Å². The van der Waals surface area contributed by atoms with Gasteiger partial charge in [-0.15, -0.1) is 0 Å². The normalized spacial score (nSPS) is 11.0. The van der Waals surface area contributed by atoms with E-state index in [0.29, 0.717) is 35.4 Å². The second-order valence-electron chi connectivity index (χ2n) is 7.58. The van der Waals surface area contributed by atoms with E-state index in [-0.39, 0.29) is 5.56 Å². The Morgan fingerprint density at radius 2 is 1.91 bits per heavy atom. The number of hydrogen-bond acceptors (Lipinski definition) is 5. The van der Waals surface area contributed by atoms with Gasteiger partial charge in [0.2, 0.25) is 0 Å². The van der Waals surface area contributed by atoms with Crippen molar-refractivity contribution in [2.45, 2.75) is 13.0 Å². The number of fused-ring (bicyclic) bond motifs is 1. The van der Waals surface area contributed by atoms with E-state index < -0.39 is 0 Å². The van der Waals surface area contributed by atoms with Gasteiger partial charge in [0, 0.05) is 56.2 Å². The molecule has 0 amide bonds. The molecule has 7 nitrogen and oxygen atoms in total. The molecular weight excluding hydrogens is 402 g/mol. The van der Waals surface area contributed by atoms with Crippen LogP contribution in [0.1, 0.15) is 5.56 Å². The Morgan fingerprint density at radius 3 is 2.72 bits per heavy atom. The number of nitrogens with zero attached hydrogens (tertiary/aromatic N) is 5. The molecule has 7 heteroatoms. The van der Waals surface area contributed by atoms with E-state index in [0.717, 1.165) is 16.8 Å². The number of pyridine rings is 2. The summed E-state index contributed by atoms with van der Waals surface area (Å²) in [7, 11) is 1.97. The third kappa shape index (κ3) is 4.13. The van der Waals surface area contributed by atoms with E-state index in [4.69, 9.17) is 4.74 Å². The largest absolute Gasteiger partial charge is 0.457 e. The highest BCUT2D eigenvalue weighted by atomic mass is 16.5. The Bertz CT molecular complexity index is 1440. The van der Waals surface area contributed by atoms with Crippen LogP contribution in [0.3, 0.4) is 0 Å². The molecule has 158 valence electrons. The molecule has 0 aliphatic rings. The van der Waals surface area contributed by atoms with Crippen molar-refractivity contribution in [3.8, 4) is 22.8 Å². The molecule has 0 saturated carbocycles. The van der Waals surface area contributed by atoms with Gasteiger partial charge in [0.15, 0.2) is 0 Å². The first kappa shape index (κ1) is 19.7. The lowest BCUT2D eigenvalue weighted by molar-refractivity contribution is 0.483. The van der Waals surface area contributed by atoms with Crippen LogP contribution in [-0.4, -0.2) is 24.1 Å². The van der Waals surface area contributed by atoms with Gasteiger partial charge in [-0.2, -0.15) is 0 Å². The zero-order valence-corrected chi connectivity index (χ0v) is 17.5. The van der Waals surface area contributed by atoms with E-state index >= 15 is 0 Å². The van der Waals surface area contributed by atoms with Crippen LogP contribution in [0.4, 0.5) is 0 Å². The van der Waals surface area contributed by atoms with Crippen LogP contribution in [0.2, 0.25) is 0 Å². The maximum atomic E-state index is 13.0. The molecule has 1 aromatic carbocycles.